The number of rotatable bonds is 3. The van der Waals surface area contributed by atoms with Crippen molar-refractivity contribution in [2.24, 2.45) is 5.73 Å². The lowest BCUT2D eigenvalue weighted by molar-refractivity contribution is -0.125. The van der Waals surface area contributed by atoms with Gasteiger partial charge >= 0.3 is 0 Å². The van der Waals surface area contributed by atoms with E-state index in [2.05, 4.69) is 10.2 Å². The molecule has 0 radical (unpaired) electrons. The molecule has 5 heteroatoms. The first-order chi connectivity index (χ1) is 7.68. The summed E-state index contributed by atoms with van der Waals surface area (Å²) in [6.45, 7) is 3.79. The van der Waals surface area contributed by atoms with Crippen molar-refractivity contribution in [3.05, 3.63) is 24.2 Å². The quantitative estimate of drug-likeness (QED) is 0.762. The van der Waals surface area contributed by atoms with Gasteiger partial charge in [-0.2, -0.15) is 0 Å². The number of carbonyl (C=O) groups excluding carboxylic acids is 1. The predicted octanol–water partition coefficient (Wildman–Crippen LogP) is 0.0997. The van der Waals surface area contributed by atoms with E-state index in [1.807, 2.05) is 19.1 Å². The zero-order valence-electron chi connectivity index (χ0n) is 9.35. The van der Waals surface area contributed by atoms with Crippen LogP contribution in [-0.4, -0.2) is 36.5 Å². The van der Waals surface area contributed by atoms with Gasteiger partial charge in [0.1, 0.15) is 5.76 Å². The molecule has 1 fully saturated rings. The minimum absolute atomic E-state index is 0.0268. The molecule has 88 valence electrons. The van der Waals surface area contributed by atoms with Crippen LogP contribution in [0.3, 0.4) is 0 Å². The van der Waals surface area contributed by atoms with Crippen LogP contribution >= 0.6 is 0 Å². The Bertz CT molecular complexity index is 348. The van der Waals surface area contributed by atoms with Crippen molar-refractivity contribution in [2.45, 2.75) is 19.0 Å². The van der Waals surface area contributed by atoms with Crippen LogP contribution < -0.4 is 11.1 Å². The van der Waals surface area contributed by atoms with Gasteiger partial charge in [0.2, 0.25) is 5.91 Å². The number of hydrogen-bond acceptors (Lipinski definition) is 4. The molecule has 2 heterocycles. The number of carbonyl (C=O) groups is 1. The zero-order valence-corrected chi connectivity index (χ0v) is 9.35. The second-order valence-corrected chi connectivity index (χ2v) is 4.14. The lowest BCUT2D eigenvalue weighted by atomic mass is 10.1. The van der Waals surface area contributed by atoms with Crippen LogP contribution in [-0.2, 0) is 4.79 Å². The molecule has 1 aromatic heterocycles. The Labute approximate surface area is 94.6 Å². The molecule has 0 aromatic carbocycles. The summed E-state index contributed by atoms with van der Waals surface area (Å²) in [6, 6.07) is 3.65. The third-order valence-corrected chi connectivity index (χ3v) is 2.79. The predicted molar refractivity (Wildman–Crippen MR) is 59.7 cm³/mol. The SMILES string of the molecule is CC(N)C(c1ccco1)N1CCNC(=O)C1. The number of nitrogens with zero attached hydrogens (tertiary/aromatic N) is 1. The van der Waals surface area contributed by atoms with Gasteiger partial charge in [-0.15, -0.1) is 0 Å². The number of piperazine rings is 1. The van der Waals surface area contributed by atoms with Crippen LogP contribution in [0.25, 0.3) is 0 Å². The van der Waals surface area contributed by atoms with Crippen LogP contribution in [0.2, 0.25) is 0 Å². The first-order valence-corrected chi connectivity index (χ1v) is 5.48. The summed E-state index contributed by atoms with van der Waals surface area (Å²) in [7, 11) is 0. The molecule has 0 bridgehead atoms. The van der Waals surface area contributed by atoms with E-state index in [-0.39, 0.29) is 18.0 Å². The van der Waals surface area contributed by atoms with Crippen molar-refractivity contribution in [1.82, 2.24) is 10.2 Å². The van der Waals surface area contributed by atoms with E-state index in [9.17, 15) is 4.79 Å². The first-order valence-electron chi connectivity index (χ1n) is 5.48. The second kappa shape index (κ2) is 4.67. The summed E-state index contributed by atoms with van der Waals surface area (Å²) < 4.78 is 5.39. The Hall–Kier alpha value is -1.33. The highest BCUT2D eigenvalue weighted by atomic mass is 16.3. The van der Waals surface area contributed by atoms with E-state index in [0.717, 1.165) is 12.3 Å². The van der Waals surface area contributed by atoms with E-state index >= 15 is 0 Å². The molecule has 1 aliphatic heterocycles. The van der Waals surface area contributed by atoms with Crippen molar-refractivity contribution >= 4 is 5.91 Å². The van der Waals surface area contributed by atoms with Crippen molar-refractivity contribution < 1.29 is 9.21 Å². The molecule has 3 N–H and O–H groups in total. The van der Waals surface area contributed by atoms with Crippen LogP contribution in [0.4, 0.5) is 0 Å². The van der Waals surface area contributed by atoms with Crippen molar-refractivity contribution in [3.8, 4) is 0 Å². The van der Waals surface area contributed by atoms with Gasteiger partial charge in [-0.25, -0.2) is 0 Å². The summed E-state index contributed by atoms with van der Waals surface area (Å²) in [5.74, 6) is 0.869. The minimum atomic E-state index is -0.0722. The Morgan fingerprint density at radius 3 is 3.00 bits per heavy atom. The van der Waals surface area contributed by atoms with E-state index in [1.54, 1.807) is 6.26 Å². The fourth-order valence-electron chi connectivity index (χ4n) is 2.13. The summed E-state index contributed by atoms with van der Waals surface area (Å²) >= 11 is 0. The van der Waals surface area contributed by atoms with Crippen LogP contribution in [0.5, 0.6) is 0 Å². The number of nitrogens with one attached hydrogen (secondary N) is 1. The van der Waals surface area contributed by atoms with E-state index in [0.29, 0.717) is 13.1 Å². The molecule has 0 aliphatic carbocycles. The third-order valence-electron chi connectivity index (χ3n) is 2.79. The summed E-state index contributed by atoms with van der Waals surface area (Å²) in [4.78, 5) is 13.4. The molecule has 1 aliphatic rings. The molecule has 16 heavy (non-hydrogen) atoms. The largest absolute Gasteiger partial charge is 0.468 e. The number of furan rings is 1. The molecule has 1 amide bonds. The summed E-state index contributed by atoms with van der Waals surface area (Å²) in [6.07, 6.45) is 1.63. The van der Waals surface area contributed by atoms with Crippen molar-refractivity contribution in [3.63, 3.8) is 0 Å². The molecular formula is C11H17N3O2. The van der Waals surface area contributed by atoms with E-state index < -0.39 is 0 Å². The Morgan fingerprint density at radius 2 is 2.44 bits per heavy atom. The van der Waals surface area contributed by atoms with Crippen LogP contribution in [0.1, 0.15) is 18.7 Å². The van der Waals surface area contributed by atoms with Gasteiger partial charge in [0.05, 0.1) is 18.8 Å². The Kier molecular flexibility index (Phi) is 3.26. The standard InChI is InChI=1S/C11H17N3O2/c1-8(12)11(9-3-2-6-16-9)14-5-4-13-10(15)7-14/h2-3,6,8,11H,4-5,7,12H2,1H3,(H,13,15). The average Bonchev–Trinajstić information content (AvgIpc) is 2.71. The number of hydrogen-bond donors (Lipinski definition) is 2. The lowest BCUT2D eigenvalue weighted by Crippen LogP contribution is -2.51. The highest BCUT2D eigenvalue weighted by Crippen LogP contribution is 2.24. The molecule has 2 unspecified atom stereocenters. The molecule has 1 aromatic rings. The maximum atomic E-state index is 11.3. The van der Waals surface area contributed by atoms with Gasteiger partial charge in [-0.3, -0.25) is 9.69 Å². The number of amides is 1. The summed E-state index contributed by atoms with van der Waals surface area (Å²) in [5, 5.41) is 2.80. The molecule has 2 rings (SSSR count). The maximum absolute atomic E-state index is 11.3. The van der Waals surface area contributed by atoms with E-state index in [4.69, 9.17) is 10.2 Å². The van der Waals surface area contributed by atoms with Crippen LogP contribution in [0, 0.1) is 0 Å². The zero-order chi connectivity index (χ0) is 11.5. The first kappa shape index (κ1) is 11.2. The van der Waals surface area contributed by atoms with Crippen molar-refractivity contribution in [2.75, 3.05) is 19.6 Å². The van der Waals surface area contributed by atoms with Gasteiger partial charge in [0.15, 0.2) is 0 Å². The normalized spacial score (nSPS) is 21.5. The number of nitrogens with two attached hydrogens (primary N) is 1. The minimum Gasteiger partial charge on any atom is -0.468 e. The molecule has 2 atom stereocenters. The fraction of sp³-hybridized carbons (Fsp3) is 0.545. The van der Waals surface area contributed by atoms with E-state index in [1.165, 1.54) is 0 Å². The van der Waals surface area contributed by atoms with Gasteiger partial charge in [-0.1, -0.05) is 0 Å². The molecule has 0 spiro atoms. The van der Waals surface area contributed by atoms with Crippen molar-refractivity contribution in [1.29, 1.82) is 0 Å². The van der Waals surface area contributed by atoms with Gasteiger partial charge in [0.25, 0.3) is 0 Å². The highest BCUT2D eigenvalue weighted by molar-refractivity contribution is 5.78. The third kappa shape index (κ3) is 2.25. The van der Waals surface area contributed by atoms with Gasteiger partial charge in [0, 0.05) is 19.1 Å². The molecular weight excluding hydrogens is 206 g/mol. The highest BCUT2D eigenvalue weighted by Gasteiger charge is 2.29. The average molecular weight is 223 g/mol. The Morgan fingerprint density at radius 1 is 1.62 bits per heavy atom. The maximum Gasteiger partial charge on any atom is 0.234 e. The van der Waals surface area contributed by atoms with Crippen LogP contribution in [0.15, 0.2) is 22.8 Å². The summed E-state index contributed by atoms with van der Waals surface area (Å²) in [5.41, 5.74) is 5.97. The topological polar surface area (TPSA) is 71.5 Å². The van der Waals surface area contributed by atoms with Gasteiger partial charge in [-0.05, 0) is 19.1 Å². The monoisotopic (exact) mass is 223 g/mol. The molecule has 5 nitrogen and oxygen atoms in total. The lowest BCUT2D eigenvalue weighted by Gasteiger charge is -2.35. The smallest absolute Gasteiger partial charge is 0.234 e. The Balaban J connectivity index is 2.16. The second-order valence-electron chi connectivity index (χ2n) is 4.14. The molecule has 1 saturated heterocycles. The molecule has 0 saturated carbocycles. The van der Waals surface area contributed by atoms with Gasteiger partial charge < -0.3 is 15.5 Å². The fourth-order valence-corrected chi connectivity index (χ4v) is 2.13.